The molecule has 4 nitrogen and oxygen atoms in total. The molecule has 1 aliphatic heterocycles. The predicted octanol–water partition coefficient (Wildman–Crippen LogP) is 2.42. The number of nitrogens with zero attached hydrogens (tertiary/aromatic N) is 1. The van der Waals surface area contributed by atoms with E-state index in [4.69, 9.17) is 0 Å². The maximum Gasteiger partial charge on any atom is 0.243 e. The summed E-state index contributed by atoms with van der Waals surface area (Å²) in [4.78, 5) is 26.4. The first-order chi connectivity index (χ1) is 10.0. The fourth-order valence-electron chi connectivity index (χ4n) is 3.54. The van der Waals surface area contributed by atoms with Crippen molar-refractivity contribution in [1.82, 2.24) is 10.2 Å². The van der Waals surface area contributed by atoms with Gasteiger partial charge in [0.15, 0.2) is 0 Å². The Kier molecular flexibility index (Phi) is 5.97. The molecule has 0 unspecified atom stereocenters. The Morgan fingerprint density at radius 2 is 2.10 bits per heavy atom. The van der Waals surface area contributed by atoms with Gasteiger partial charge in [0.2, 0.25) is 11.8 Å². The fourth-order valence-corrected chi connectivity index (χ4v) is 4.37. The lowest BCUT2D eigenvalue weighted by molar-refractivity contribution is -0.139. The van der Waals surface area contributed by atoms with Crippen molar-refractivity contribution in [3.8, 4) is 0 Å². The molecule has 0 bridgehead atoms. The molecule has 0 aromatic carbocycles. The van der Waals surface area contributed by atoms with Crippen LogP contribution in [0.3, 0.4) is 0 Å². The van der Waals surface area contributed by atoms with Gasteiger partial charge in [-0.25, -0.2) is 0 Å². The smallest absolute Gasteiger partial charge is 0.243 e. The number of carbonyl (C=O) groups is 2. The van der Waals surface area contributed by atoms with E-state index in [0.29, 0.717) is 11.7 Å². The van der Waals surface area contributed by atoms with E-state index in [0.717, 1.165) is 25.8 Å². The zero-order chi connectivity index (χ0) is 15.4. The quantitative estimate of drug-likeness (QED) is 0.848. The van der Waals surface area contributed by atoms with Crippen molar-refractivity contribution in [3.05, 3.63) is 0 Å². The van der Waals surface area contributed by atoms with Gasteiger partial charge in [-0.2, -0.15) is 11.8 Å². The summed E-state index contributed by atoms with van der Waals surface area (Å²) in [5.74, 6) is 0.341. The summed E-state index contributed by atoms with van der Waals surface area (Å²) in [6, 6.07) is -0.0164. The van der Waals surface area contributed by atoms with Crippen LogP contribution in [0, 0.1) is 5.92 Å². The minimum absolute atomic E-state index is 0.0482. The van der Waals surface area contributed by atoms with Gasteiger partial charge in [-0.1, -0.05) is 20.3 Å². The molecular formula is C16H28N2O2S. The molecular weight excluding hydrogens is 284 g/mol. The lowest BCUT2D eigenvalue weighted by Crippen LogP contribution is -2.53. The number of carbonyl (C=O) groups excluding carboxylic acids is 2. The summed E-state index contributed by atoms with van der Waals surface area (Å²) in [6.45, 7) is 4.79. The van der Waals surface area contributed by atoms with Gasteiger partial charge >= 0.3 is 0 Å². The molecule has 21 heavy (non-hydrogen) atoms. The first-order valence-electron chi connectivity index (χ1n) is 8.15. The van der Waals surface area contributed by atoms with Crippen LogP contribution in [0.5, 0.6) is 0 Å². The molecule has 0 aromatic rings. The van der Waals surface area contributed by atoms with Gasteiger partial charge in [-0.05, 0) is 37.9 Å². The van der Waals surface area contributed by atoms with Gasteiger partial charge in [-0.3, -0.25) is 9.59 Å². The molecule has 5 heteroatoms. The predicted molar refractivity (Wildman–Crippen MR) is 87.3 cm³/mol. The highest BCUT2D eigenvalue weighted by Gasteiger charge is 2.36. The van der Waals surface area contributed by atoms with Crippen LogP contribution >= 0.6 is 11.8 Å². The van der Waals surface area contributed by atoms with Crippen LogP contribution in [0.15, 0.2) is 0 Å². The molecule has 2 fully saturated rings. The highest BCUT2D eigenvalue weighted by atomic mass is 32.2. The average Bonchev–Trinajstić information content (AvgIpc) is 2.85. The number of amides is 2. The Hall–Kier alpha value is -0.710. The Labute approximate surface area is 132 Å². The summed E-state index contributed by atoms with van der Waals surface area (Å²) in [6.07, 6.45) is 8.20. The summed E-state index contributed by atoms with van der Waals surface area (Å²) < 4.78 is 0. The molecule has 120 valence electrons. The summed E-state index contributed by atoms with van der Waals surface area (Å²) in [5.41, 5.74) is 0. The van der Waals surface area contributed by atoms with E-state index in [2.05, 4.69) is 11.6 Å². The highest BCUT2D eigenvalue weighted by molar-refractivity contribution is 7.99. The third-order valence-electron chi connectivity index (χ3n) is 4.65. The molecule has 1 N–H and O–H groups in total. The Morgan fingerprint density at radius 3 is 2.67 bits per heavy atom. The van der Waals surface area contributed by atoms with Crippen LogP contribution in [0.4, 0.5) is 0 Å². The van der Waals surface area contributed by atoms with Crippen LogP contribution in [0.1, 0.15) is 52.4 Å². The molecule has 2 rings (SSSR count). The number of hydrogen-bond acceptors (Lipinski definition) is 3. The highest BCUT2D eigenvalue weighted by Crippen LogP contribution is 2.27. The molecule has 0 aromatic heterocycles. The Bertz CT molecular complexity index is 386. The minimum atomic E-state index is -0.297. The second kappa shape index (κ2) is 7.52. The second-order valence-electron chi connectivity index (χ2n) is 6.61. The van der Waals surface area contributed by atoms with Gasteiger partial charge in [0, 0.05) is 24.3 Å². The second-order valence-corrected chi connectivity index (χ2v) is 7.75. The lowest BCUT2D eigenvalue weighted by atomic mass is 9.93. The van der Waals surface area contributed by atoms with E-state index in [9.17, 15) is 9.59 Å². The molecule has 1 saturated carbocycles. The SMILES string of the molecule is CS[C@@H]1CCC[C@H](NC(=O)[C@@H](C(C)C)N2CCCC2=O)C1. The topological polar surface area (TPSA) is 49.4 Å². The third-order valence-corrected chi connectivity index (χ3v) is 5.75. The number of likely N-dealkylation sites (tertiary alicyclic amines) is 1. The van der Waals surface area contributed by atoms with E-state index in [1.807, 2.05) is 25.6 Å². The summed E-state index contributed by atoms with van der Waals surface area (Å²) in [7, 11) is 0. The number of nitrogens with one attached hydrogen (secondary N) is 1. The average molecular weight is 312 g/mol. The lowest BCUT2D eigenvalue weighted by Gasteiger charge is -2.34. The van der Waals surface area contributed by atoms with Crippen molar-refractivity contribution >= 4 is 23.6 Å². The van der Waals surface area contributed by atoms with Crippen LogP contribution in [-0.4, -0.2) is 46.8 Å². The van der Waals surface area contributed by atoms with Gasteiger partial charge in [0.1, 0.15) is 6.04 Å². The maximum absolute atomic E-state index is 12.7. The van der Waals surface area contributed by atoms with E-state index < -0.39 is 0 Å². The molecule has 0 spiro atoms. The van der Waals surface area contributed by atoms with Crippen molar-refractivity contribution in [2.24, 2.45) is 5.92 Å². The minimum Gasteiger partial charge on any atom is -0.352 e. The van der Waals surface area contributed by atoms with Crippen LogP contribution in [-0.2, 0) is 9.59 Å². The van der Waals surface area contributed by atoms with E-state index in [-0.39, 0.29) is 29.8 Å². The standard InChI is InChI=1S/C16H28N2O2S/c1-11(2)15(18-9-5-8-14(18)19)16(20)17-12-6-4-7-13(10-12)21-3/h11-13,15H,4-10H2,1-3H3,(H,17,20)/t12-,13+,15+/m0/s1. The normalized spacial score (nSPS) is 28.0. The van der Waals surface area contributed by atoms with Gasteiger partial charge < -0.3 is 10.2 Å². The van der Waals surface area contributed by atoms with Crippen molar-refractivity contribution in [1.29, 1.82) is 0 Å². The largest absolute Gasteiger partial charge is 0.352 e. The van der Waals surface area contributed by atoms with Crippen molar-refractivity contribution in [2.45, 2.75) is 69.7 Å². The van der Waals surface area contributed by atoms with Crippen LogP contribution in [0.25, 0.3) is 0 Å². The molecule has 3 atom stereocenters. The van der Waals surface area contributed by atoms with Crippen molar-refractivity contribution < 1.29 is 9.59 Å². The number of thioether (sulfide) groups is 1. The fraction of sp³-hybridized carbons (Fsp3) is 0.875. The first kappa shape index (κ1) is 16.7. The number of hydrogen-bond donors (Lipinski definition) is 1. The van der Waals surface area contributed by atoms with E-state index in [1.165, 1.54) is 12.8 Å². The molecule has 1 heterocycles. The number of rotatable bonds is 5. The van der Waals surface area contributed by atoms with Crippen molar-refractivity contribution in [2.75, 3.05) is 12.8 Å². The first-order valence-corrected chi connectivity index (χ1v) is 9.44. The maximum atomic E-state index is 12.7. The molecule has 0 radical (unpaired) electrons. The zero-order valence-electron chi connectivity index (χ0n) is 13.4. The van der Waals surface area contributed by atoms with Gasteiger partial charge in [0.25, 0.3) is 0 Å². The van der Waals surface area contributed by atoms with Crippen LogP contribution < -0.4 is 5.32 Å². The monoisotopic (exact) mass is 312 g/mol. The summed E-state index contributed by atoms with van der Waals surface area (Å²) in [5, 5.41) is 3.88. The van der Waals surface area contributed by atoms with Gasteiger partial charge in [0.05, 0.1) is 0 Å². The van der Waals surface area contributed by atoms with Crippen LogP contribution in [0.2, 0.25) is 0 Å². The molecule has 2 aliphatic rings. The molecule has 1 aliphatic carbocycles. The molecule has 2 amide bonds. The summed E-state index contributed by atoms with van der Waals surface area (Å²) >= 11 is 1.90. The van der Waals surface area contributed by atoms with Gasteiger partial charge in [-0.15, -0.1) is 0 Å². The third kappa shape index (κ3) is 4.15. The molecule has 1 saturated heterocycles. The van der Waals surface area contributed by atoms with Crippen molar-refractivity contribution in [3.63, 3.8) is 0 Å². The van der Waals surface area contributed by atoms with E-state index >= 15 is 0 Å². The zero-order valence-corrected chi connectivity index (χ0v) is 14.2. The Morgan fingerprint density at radius 1 is 1.33 bits per heavy atom. The van der Waals surface area contributed by atoms with E-state index in [1.54, 1.807) is 4.90 Å². The Balaban J connectivity index is 1.97.